The lowest BCUT2D eigenvalue weighted by Gasteiger charge is -2.23. The Kier molecular flexibility index (Phi) is 5.40. The molecule has 0 aliphatic rings. The van der Waals surface area contributed by atoms with Crippen molar-refractivity contribution in [1.82, 2.24) is 15.1 Å². The number of rotatable bonds is 7. The maximum Gasteiger partial charge on any atom is 0.294 e. The van der Waals surface area contributed by atoms with Crippen LogP contribution in [0, 0.1) is 10.1 Å². The van der Waals surface area contributed by atoms with Crippen molar-refractivity contribution in [1.29, 1.82) is 0 Å². The number of non-ortho nitro benzene ring substituents is 1. The largest absolute Gasteiger partial charge is 0.469 e. The van der Waals surface area contributed by atoms with Gasteiger partial charge in [-0.2, -0.15) is 0 Å². The Morgan fingerprint density at radius 2 is 2.23 bits per heavy atom. The molecular formula is C14H18N4O3S. The molecule has 118 valence electrons. The number of aromatic nitrogens is 2. The SMILES string of the molecule is CCOc1nnc(CN(C)[C@H](C)c2cccc([N+](=O)[O-])c2)s1. The van der Waals surface area contributed by atoms with E-state index in [-0.39, 0.29) is 16.7 Å². The Morgan fingerprint density at radius 1 is 1.45 bits per heavy atom. The van der Waals surface area contributed by atoms with Crippen LogP contribution in [0.25, 0.3) is 0 Å². The van der Waals surface area contributed by atoms with Crippen molar-refractivity contribution in [3.63, 3.8) is 0 Å². The monoisotopic (exact) mass is 322 g/mol. The molecule has 2 aromatic rings. The van der Waals surface area contributed by atoms with Crippen LogP contribution in [0.3, 0.4) is 0 Å². The van der Waals surface area contributed by atoms with Gasteiger partial charge in [0.2, 0.25) is 0 Å². The summed E-state index contributed by atoms with van der Waals surface area (Å²) >= 11 is 1.41. The Bertz CT molecular complexity index is 647. The molecule has 7 nitrogen and oxygen atoms in total. The van der Waals surface area contributed by atoms with E-state index in [9.17, 15) is 10.1 Å². The third-order valence-electron chi connectivity index (χ3n) is 3.33. The van der Waals surface area contributed by atoms with Gasteiger partial charge in [-0.05, 0) is 26.5 Å². The van der Waals surface area contributed by atoms with Crippen LogP contribution in [-0.4, -0.2) is 33.7 Å². The van der Waals surface area contributed by atoms with Gasteiger partial charge in [-0.15, -0.1) is 10.2 Å². The van der Waals surface area contributed by atoms with Gasteiger partial charge in [-0.3, -0.25) is 15.0 Å². The van der Waals surface area contributed by atoms with Crippen LogP contribution in [-0.2, 0) is 6.54 Å². The average Bonchev–Trinajstić information content (AvgIpc) is 2.94. The summed E-state index contributed by atoms with van der Waals surface area (Å²) < 4.78 is 5.31. The summed E-state index contributed by atoms with van der Waals surface area (Å²) in [4.78, 5) is 12.5. The molecule has 0 aliphatic heterocycles. The highest BCUT2D eigenvalue weighted by atomic mass is 32.1. The second-order valence-electron chi connectivity index (χ2n) is 4.84. The number of hydrogen-bond donors (Lipinski definition) is 0. The molecule has 0 spiro atoms. The van der Waals surface area contributed by atoms with Gasteiger partial charge >= 0.3 is 0 Å². The van der Waals surface area contributed by atoms with E-state index in [2.05, 4.69) is 15.1 Å². The molecule has 1 atom stereocenters. The van der Waals surface area contributed by atoms with Crippen molar-refractivity contribution >= 4 is 17.0 Å². The number of ether oxygens (including phenoxy) is 1. The molecule has 0 fully saturated rings. The number of benzene rings is 1. The summed E-state index contributed by atoms with van der Waals surface area (Å²) in [5.74, 6) is 0. The zero-order valence-corrected chi connectivity index (χ0v) is 13.5. The van der Waals surface area contributed by atoms with Crippen molar-refractivity contribution < 1.29 is 9.66 Å². The Hall–Kier alpha value is -2.06. The average molecular weight is 322 g/mol. The fourth-order valence-electron chi connectivity index (χ4n) is 1.99. The molecule has 22 heavy (non-hydrogen) atoms. The van der Waals surface area contributed by atoms with Crippen LogP contribution in [0.1, 0.15) is 30.5 Å². The highest BCUT2D eigenvalue weighted by Crippen LogP contribution is 2.26. The van der Waals surface area contributed by atoms with E-state index in [0.717, 1.165) is 10.6 Å². The summed E-state index contributed by atoms with van der Waals surface area (Å²) in [7, 11) is 1.95. The minimum Gasteiger partial charge on any atom is -0.469 e. The van der Waals surface area contributed by atoms with Crippen LogP contribution >= 0.6 is 11.3 Å². The van der Waals surface area contributed by atoms with Gasteiger partial charge in [-0.25, -0.2) is 0 Å². The predicted molar refractivity (Wildman–Crippen MR) is 84.1 cm³/mol. The quantitative estimate of drug-likeness (QED) is 0.575. The number of nitro groups is 1. The Morgan fingerprint density at radius 3 is 2.91 bits per heavy atom. The molecule has 1 aromatic carbocycles. The molecule has 0 radical (unpaired) electrons. The highest BCUT2D eigenvalue weighted by molar-refractivity contribution is 7.13. The Balaban J connectivity index is 2.06. The molecule has 0 saturated carbocycles. The predicted octanol–water partition coefficient (Wildman–Crippen LogP) is 3.04. The zero-order chi connectivity index (χ0) is 16.1. The molecule has 0 N–H and O–H groups in total. The van der Waals surface area contributed by atoms with Gasteiger partial charge in [0, 0.05) is 18.2 Å². The number of nitro benzene ring substituents is 1. The van der Waals surface area contributed by atoms with Crippen LogP contribution < -0.4 is 4.74 Å². The molecule has 1 aromatic heterocycles. The summed E-state index contributed by atoms with van der Waals surface area (Å²) in [6, 6.07) is 6.72. The lowest BCUT2D eigenvalue weighted by Crippen LogP contribution is -2.21. The van der Waals surface area contributed by atoms with Crippen molar-refractivity contribution in [3.05, 3.63) is 45.0 Å². The highest BCUT2D eigenvalue weighted by Gasteiger charge is 2.17. The van der Waals surface area contributed by atoms with Crippen LogP contribution in [0.15, 0.2) is 24.3 Å². The molecule has 1 heterocycles. The molecular weight excluding hydrogens is 304 g/mol. The normalized spacial score (nSPS) is 12.4. The van der Waals surface area contributed by atoms with Crippen molar-refractivity contribution in [2.75, 3.05) is 13.7 Å². The molecule has 8 heteroatoms. The first kappa shape index (κ1) is 16.3. The van der Waals surface area contributed by atoms with Gasteiger partial charge < -0.3 is 4.74 Å². The summed E-state index contributed by atoms with van der Waals surface area (Å²) in [5, 5.41) is 20.3. The smallest absolute Gasteiger partial charge is 0.294 e. The van der Waals surface area contributed by atoms with Crippen LogP contribution in [0.4, 0.5) is 5.69 Å². The zero-order valence-electron chi connectivity index (χ0n) is 12.7. The molecule has 0 amide bonds. The van der Waals surface area contributed by atoms with E-state index in [1.165, 1.54) is 17.4 Å². The first-order valence-electron chi connectivity index (χ1n) is 6.91. The van der Waals surface area contributed by atoms with E-state index in [4.69, 9.17) is 4.74 Å². The summed E-state index contributed by atoms with van der Waals surface area (Å²) in [6.45, 7) is 5.07. The maximum atomic E-state index is 10.9. The van der Waals surface area contributed by atoms with Crippen LogP contribution in [0.2, 0.25) is 0 Å². The van der Waals surface area contributed by atoms with Gasteiger partial charge in [0.15, 0.2) is 0 Å². The minimum atomic E-state index is -0.380. The fourth-order valence-corrected chi connectivity index (χ4v) is 2.80. The summed E-state index contributed by atoms with van der Waals surface area (Å²) in [5.41, 5.74) is 0.999. The molecule has 0 bridgehead atoms. The lowest BCUT2D eigenvalue weighted by molar-refractivity contribution is -0.384. The lowest BCUT2D eigenvalue weighted by atomic mass is 10.1. The third-order valence-corrected chi connectivity index (χ3v) is 4.15. The van der Waals surface area contributed by atoms with Crippen molar-refractivity contribution in [2.24, 2.45) is 0 Å². The van der Waals surface area contributed by atoms with Crippen molar-refractivity contribution in [3.8, 4) is 5.19 Å². The second kappa shape index (κ2) is 7.28. The van der Waals surface area contributed by atoms with Crippen molar-refractivity contribution in [2.45, 2.75) is 26.4 Å². The first-order valence-corrected chi connectivity index (χ1v) is 7.72. The second-order valence-corrected chi connectivity index (χ2v) is 5.86. The Labute approximate surface area is 132 Å². The van der Waals surface area contributed by atoms with Gasteiger partial charge in [-0.1, -0.05) is 23.5 Å². The molecule has 0 unspecified atom stereocenters. The van der Waals surface area contributed by atoms with Gasteiger partial charge in [0.25, 0.3) is 10.9 Å². The first-order chi connectivity index (χ1) is 10.5. The van der Waals surface area contributed by atoms with E-state index < -0.39 is 0 Å². The van der Waals surface area contributed by atoms with E-state index >= 15 is 0 Å². The minimum absolute atomic E-state index is 0.0272. The van der Waals surface area contributed by atoms with Crippen LogP contribution in [0.5, 0.6) is 5.19 Å². The van der Waals surface area contributed by atoms with E-state index in [0.29, 0.717) is 18.3 Å². The number of nitrogens with zero attached hydrogens (tertiary/aromatic N) is 4. The molecule has 0 aliphatic carbocycles. The fraction of sp³-hybridized carbons (Fsp3) is 0.429. The standard InChI is InChI=1S/C14H18N4O3S/c1-4-21-14-16-15-13(22-14)9-17(3)10(2)11-6-5-7-12(8-11)18(19)20/h5-8,10H,4,9H2,1-3H3/t10-/m1/s1. The third kappa shape index (κ3) is 3.99. The van der Waals surface area contributed by atoms with Gasteiger partial charge in [0.1, 0.15) is 5.01 Å². The topological polar surface area (TPSA) is 81.4 Å². The summed E-state index contributed by atoms with van der Waals surface area (Å²) in [6.07, 6.45) is 0. The molecule has 0 saturated heterocycles. The maximum absolute atomic E-state index is 10.9. The van der Waals surface area contributed by atoms with Gasteiger partial charge in [0.05, 0.1) is 18.1 Å². The van der Waals surface area contributed by atoms with E-state index in [1.54, 1.807) is 12.1 Å². The van der Waals surface area contributed by atoms with E-state index in [1.807, 2.05) is 27.0 Å². The number of hydrogen-bond acceptors (Lipinski definition) is 7. The molecule has 2 rings (SSSR count).